The third-order valence-corrected chi connectivity index (χ3v) is 4.62. The molecule has 0 bridgehead atoms. The molecular weight excluding hydrogens is 290 g/mol. The lowest BCUT2D eigenvalue weighted by Crippen LogP contribution is -2.14. The van der Waals surface area contributed by atoms with Gasteiger partial charge in [-0.25, -0.2) is 4.68 Å². The first kappa shape index (κ1) is 16.1. The largest absolute Gasteiger partial charge is 0.481 e. The van der Waals surface area contributed by atoms with Crippen molar-refractivity contribution >= 4 is 0 Å². The van der Waals surface area contributed by atoms with Crippen LogP contribution in [0.15, 0.2) is 16.5 Å². The Morgan fingerprint density at radius 2 is 2.13 bits per heavy atom. The second-order valence-corrected chi connectivity index (χ2v) is 6.88. The number of ether oxygens (including phenoxy) is 1. The summed E-state index contributed by atoms with van der Waals surface area (Å²) in [6.07, 6.45) is 1.25. The number of rotatable bonds is 7. The second kappa shape index (κ2) is 6.40. The van der Waals surface area contributed by atoms with Gasteiger partial charge in [0.2, 0.25) is 5.88 Å². The fourth-order valence-corrected chi connectivity index (χ4v) is 3.18. The van der Waals surface area contributed by atoms with Crippen LogP contribution in [-0.2, 0) is 20.1 Å². The fourth-order valence-electron chi connectivity index (χ4n) is 3.18. The average molecular weight is 317 g/mol. The number of hydrogen-bond donors (Lipinski definition) is 1. The van der Waals surface area contributed by atoms with Crippen molar-refractivity contribution in [1.29, 1.82) is 0 Å². The molecule has 0 radical (unpaired) electrons. The molecule has 1 aliphatic rings. The molecule has 2 heterocycles. The molecule has 0 saturated heterocycles. The average Bonchev–Trinajstić information content (AvgIpc) is 2.94. The summed E-state index contributed by atoms with van der Waals surface area (Å²) in [4.78, 5) is 0. The van der Waals surface area contributed by atoms with Crippen LogP contribution in [0, 0.1) is 5.92 Å². The zero-order valence-corrected chi connectivity index (χ0v) is 14.7. The maximum Gasteiger partial charge on any atom is 0.216 e. The van der Waals surface area contributed by atoms with Gasteiger partial charge in [0.1, 0.15) is 11.5 Å². The molecule has 0 aromatic carbocycles. The van der Waals surface area contributed by atoms with Gasteiger partial charge in [-0.2, -0.15) is 5.10 Å². The summed E-state index contributed by atoms with van der Waals surface area (Å²) in [7, 11) is 3.62. The second-order valence-electron chi connectivity index (χ2n) is 6.88. The van der Waals surface area contributed by atoms with E-state index < -0.39 is 0 Å². The Labute approximate surface area is 138 Å². The van der Waals surface area contributed by atoms with Gasteiger partial charge in [-0.1, -0.05) is 20.8 Å². The van der Waals surface area contributed by atoms with Crippen LogP contribution in [0.5, 0.6) is 5.88 Å². The Morgan fingerprint density at radius 3 is 2.74 bits per heavy atom. The standard InChI is InChI=1S/C18H27N3O2/c1-11(2)17-15(18(22-5)21(4)20-17)10-19-9-13-6-7-16(23-13)14-8-12(14)3/h6-7,11-12,14,19H,8-10H2,1-5H3/t12-,14-/m0/s1. The monoisotopic (exact) mass is 317 g/mol. The van der Waals surface area contributed by atoms with E-state index >= 15 is 0 Å². The van der Waals surface area contributed by atoms with Gasteiger partial charge in [-0.15, -0.1) is 0 Å². The molecule has 5 heteroatoms. The zero-order chi connectivity index (χ0) is 16.6. The maximum absolute atomic E-state index is 5.94. The molecule has 0 aliphatic heterocycles. The molecule has 5 nitrogen and oxygen atoms in total. The molecule has 3 rings (SSSR count). The molecule has 2 atom stereocenters. The highest BCUT2D eigenvalue weighted by Gasteiger charge is 2.36. The van der Waals surface area contributed by atoms with Crippen molar-refractivity contribution in [2.24, 2.45) is 13.0 Å². The third kappa shape index (κ3) is 3.29. The lowest BCUT2D eigenvalue weighted by atomic mass is 10.1. The first-order valence-corrected chi connectivity index (χ1v) is 8.40. The summed E-state index contributed by atoms with van der Waals surface area (Å²) in [5, 5.41) is 8.04. The highest BCUT2D eigenvalue weighted by molar-refractivity contribution is 5.33. The van der Waals surface area contributed by atoms with Crippen LogP contribution in [0.25, 0.3) is 0 Å². The van der Waals surface area contributed by atoms with E-state index in [0.29, 0.717) is 11.8 Å². The summed E-state index contributed by atoms with van der Waals surface area (Å²) in [6.45, 7) is 8.02. The summed E-state index contributed by atoms with van der Waals surface area (Å²) in [5.74, 6) is 4.73. The topological polar surface area (TPSA) is 52.2 Å². The van der Waals surface area contributed by atoms with Crippen molar-refractivity contribution in [3.05, 3.63) is 34.9 Å². The molecule has 2 aromatic heterocycles. The number of nitrogens with one attached hydrogen (secondary N) is 1. The quantitative estimate of drug-likeness (QED) is 0.848. The van der Waals surface area contributed by atoms with Crippen LogP contribution >= 0.6 is 0 Å². The summed E-state index contributed by atoms with van der Waals surface area (Å²) < 4.78 is 13.3. The van der Waals surface area contributed by atoms with Crippen molar-refractivity contribution in [2.45, 2.75) is 52.1 Å². The Balaban J connectivity index is 1.63. The van der Waals surface area contributed by atoms with E-state index in [-0.39, 0.29) is 0 Å². The smallest absolute Gasteiger partial charge is 0.216 e. The van der Waals surface area contributed by atoms with Gasteiger partial charge in [0.25, 0.3) is 0 Å². The fraction of sp³-hybridized carbons (Fsp3) is 0.611. The molecule has 0 amide bonds. The minimum Gasteiger partial charge on any atom is -0.481 e. The number of furan rings is 1. The van der Waals surface area contributed by atoms with Gasteiger partial charge in [0.05, 0.1) is 24.9 Å². The van der Waals surface area contributed by atoms with E-state index in [2.05, 4.69) is 43.3 Å². The van der Waals surface area contributed by atoms with Crippen LogP contribution in [0.4, 0.5) is 0 Å². The molecule has 23 heavy (non-hydrogen) atoms. The Hall–Kier alpha value is -1.75. The number of hydrogen-bond acceptors (Lipinski definition) is 4. The molecule has 0 unspecified atom stereocenters. The first-order valence-electron chi connectivity index (χ1n) is 8.40. The van der Waals surface area contributed by atoms with Crippen molar-refractivity contribution in [3.63, 3.8) is 0 Å². The van der Waals surface area contributed by atoms with E-state index in [4.69, 9.17) is 9.15 Å². The van der Waals surface area contributed by atoms with Gasteiger partial charge < -0.3 is 14.5 Å². The van der Waals surface area contributed by atoms with Crippen molar-refractivity contribution in [3.8, 4) is 5.88 Å². The highest BCUT2D eigenvalue weighted by Crippen LogP contribution is 2.47. The summed E-state index contributed by atoms with van der Waals surface area (Å²) in [6, 6.07) is 4.20. The van der Waals surface area contributed by atoms with Crippen molar-refractivity contribution in [2.75, 3.05) is 7.11 Å². The van der Waals surface area contributed by atoms with E-state index in [1.165, 1.54) is 6.42 Å². The number of nitrogens with zero attached hydrogens (tertiary/aromatic N) is 2. The lowest BCUT2D eigenvalue weighted by Gasteiger charge is -2.08. The molecule has 2 aromatic rings. The Kier molecular flexibility index (Phi) is 4.48. The summed E-state index contributed by atoms with van der Waals surface area (Å²) in [5.41, 5.74) is 2.22. The van der Waals surface area contributed by atoms with Crippen molar-refractivity contribution < 1.29 is 9.15 Å². The van der Waals surface area contributed by atoms with Gasteiger partial charge in [-0.3, -0.25) is 0 Å². The van der Waals surface area contributed by atoms with E-state index in [0.717, 1.165) is 47.7 Å². The van der Waals surface area contributed by atoms with Crippen molar-refractivity contribution in [1.82, 2.24) is 15.1 Å². The van der Waals surface area contributed by atoms with E-state index in [9.17, 15) is 0 Å². The number of methoxy groups -OCH3 is 1. The third-order valence-electron chi connectivity index (χ3n) is 4.62. The van der Waals surface area contributed by atoms with Crippen LogP contribution in [-0.4, -0.2) is 16.9 Å². The van der Waals surface area contributed by atoms with Crippen LogP contribution < -0.4 is 10.1 Å². The highest BCUT2D eigenvalue weighted by atomic mass is 16.5. The first-order chi connectivity index (χ1) is 11.0. The SMILES string of the molecule is COc1c(CNCc2ccc([C@H]3C[C@@H]3C)o2)c(C(C)C)nn1C. The molecule has 1 aliphatic carbocycles. The van der Waals surface area contributed by atoms with E-state index in [1.54, 1.807) is 7.11 Å². The lowest BCUT2D eigenvalue weighted by molar-refractivity contribution is 0.367. The van der Waals surface area contributed by atoms with Gasteiger partial charge in [-0.05, 0) is 30.4 Å². The molecule has 1 fully saturated rings. The van der Waals surface area contributed by atoms with Gasteiger partial charge in [0.15, 0.2) is 0 Å². The van der Waals surface area contributed by atoms with Crippen LogP contribution in [0.2, 0.25) is 0 Å². The minimum absolute atomic E-state index is 0.369. The van der Waals surface area contributed by atoms with E-state index in [1.807, 2.05) is 11.7 Å². The normalized spacial score (nSPS) is 20.3. The number of aryl methyl sites for hydroxylation is 1. The molecular formula is C18H27N3O2. The molecule has 1 N–H and O–H groups in total. The Morgan fingerprint density at radius 1 is 1.39 bits per heavy atom. The minimum atomic E-state index is 0.369. The summed E-state index contributed by atoms with van der Waals surface area (Å²) >= 11 is 0. The van der Waals surface area contributed by atoms with Crippen LogP contribution in [0.3, 0.4) is 0 Å². The zero-order valence-electron chi connectivity index (χ0n) is 14.7. The predicted molar refractivity (Wildman–Crippen MR) is 89.6 cm³/mol. The maximum atomic E-state index is 5.94. The molecule has 126 valence electrons. The number of aromatic nitrogens is 2. The van der Waals surface area contributed by atoms with Crippen LogP contribution in [0.1, 0.15) is 61.8 Å². The van der Waals surface area contributed by atoms with Gasteiger partial charge in [0, 0.05) is 19.5 Å². The predicted octanol–water partition coefficient (Wildman–Crippen LogP) is 3.56. The van der Waals surface area contributed by atoms with Gasteiger partial charge >= 0.3 is 0 Å². The Bertz CT molecular complexity index is 672. The molecule has 0 spiro atoms. The molecule has 1 saturated carbocycles.